The van der Waals surface area contributed by atoms with E-state index in [1.807, 2.05) is 0 Å². The summed E-state index contributed by atoms with van der Waals surface area (Å²) in [6.07, 6.45) is 0. The summed E-state index contributed by atoms with van der Waals surface area (Å²) in [5, 5.41) is 7.74. The van der Waals surface area contributed by atoms with E-state index in [-0.39, 0.29) is 5.69 Å². The van der Waals surface area contributed by atoms with E-state index in [1.165, 1.54) is 6.92 Å². The largest absolute Gasteiger partial charge is 0.477 e. The number of nitrogens with zero attached hydrogens (tertiary/aromatic N) is 1. The van der Waals surface area contributed by atoms with E-state index in [0.717, 1.165) is 0 Å². The van der Waals surface area contributed by atoms with Crippen LogP contribution in [-0.4, -0.2) is 16.2 Å². The van der Waals surface area contributed by atoms with Crippen LogP contribution in [-0.2, 0) is 5.38 Å². The highest BCUT2D eigenvalue weighted by molar-refractivity contribution is 6.22. The minimum absolute atomic E-state index is 0.136. The Balaban J connectivity index is 3.31. The van der Waals surface area contributed by atoms with Gasteiger partial charge in [-0.25, -0.2) is 4.79 Å². The van der Waals surface area contributed by atoms with Crippen molar-refractivity contribution in [3.63, 3.8) is 0 Å². The van der Waals surface area contributed by atoms with Crippen LogP contribution >= 0.6 is 11.6 Å². The fourth-order valence-corrected chi connectivity index (χ4v) is 0.944. The molecule has 0 saturated heterocycles. The number of aryl methyl sites for hydroxylation is 1. The molecule has 0 aliphatic carbocycles. The van der Waals surface area contributed by atoms with E-state index in [0.29, 0.717) is 0 Å². The zero-order valence-electron chi connectivity index (χ0n) is 6.34. The van der Waals surface area contributed by atoms with Crippen molar-refractivity contribution in [3.05, 3.63) is 17.0 Å². The van der Waals surface area contributed by atoms with Crippen molar-refractivity contribution in [2.45, 2.75) is 12.3 Å². The molecular formula is C6H4ClF2NO3. The number of carbonyl (C=O) groups is 1. The average Bonchev–Trinajstić information content (AvgIpc) is 2.28. The molecule has 1 aromatic heterocycles. The average molecular weight is 212 g/mol. The summed E-state index contributed by atoms with van der Waals surface area (Å²) in [5.41, 5.74) is -0.831. The lowest BCUT2D eigenvalue weighted by Gasteiger charge is -2.02. The monoisotopic (exact) mass is 211 g/mol. The van der Waals surface area contributed by atoms with E-state index in [4.69, 9.17) is 5.11 Å². The van der Waals surface area contributed by atoms with Crippen LogP contribution in [0.15, 0.2) is 4.52 Å². The molecule has 1 N–H and O–H groups in total. The van der Waals surface area contributed by atoms with Gasteiger partial charge in [-0.3, -0.25) is 0 Å². The number of carboxylic acid groups (broad SMARTS) is 1. The summed E-state index contributed by atoms with van der Waals surface area (Å²) >= 11 is 4.59. The lowest BCUT2D eigenvalue weighted by atomic mass is 10.2. The van der Waals surface area contributed by atoms with Gasteiger partial charge in [0.15, 0.2) is 0 Å². The van der Waals surface area contributed by atoms with Crippen molar-refractivity contribution in [1.29, 1.82) is 0 Å². The van der Waals surface area contributed by atoms with Gasteiger partial charge < -0.3 is 9.63 Å². The van der Waals surface area contributed by atoms with Gasteiger partial charge in [0, 0.05) is 0 Å². The first-order valence-corrected chi connectivity index (χ1v) is 3.48. The molecule has 0 atom stereocenters. The summed E-state index contributed by atoms with van der Waals surface area (Å²) < 4.78 is 29.0. The maximum Gasteiger partial charge on any atom is 0.383 e. The third-order valence-electron chi connectivity index (χ3n) is 1.33. The fourth-order valence-electron chi connectivity index (χ4n) is 0.815. The van der Waals surface area contributed by atoms with Crippen LogP contribution in [0.5, 0.6) is 0 Å². The highest BCUT2D eigenvalue weighted by Gasteiger charge is 2.39. The fraction of sp³-hybridized carbons (Fsp3) is 0.333. The molecule has 0 saturated carbocycles. The summed E-state index contributed by atoms with van der Waals surface area (Å²) in [6.45, 7) is 1.24. The van der Waals surface area contributed by atoms with E-state index in [1.54, 1.807) is 0 Å². The molecule has 1 heterocycles. The summed E-state index contributed by atoms with van der Waals surface area (Å²) in [5.74, 6) is -2.69. The van der Waals surface area contributed by atoms with Gasteiger partial charge in [-0.05, 0) is 18.5 Å². The number of halogens is 3. The van der Waals surface area contributed by atoms with E-state index < -0.39 is 22.7 Å². The molecule has 72 valence electrons. The van der Waals surface area contributed by atoms with Crippen molar-refractivity contribution in [2.75, 3.05) is 0 Å². The van der Waals surface area contributed by atoms with Crippen molar-refractivity contribution in [1.82, 2.24) is 5.16 Å². The highest BCUT2D eigenvalue weighted by Crippen LogP contribution is 2.35. The molecule has 4 nitrogen and oxygen atoms in total. The predicted octanol–water partition coefficient (Wildman–Crippen LogP) is 1.97. The van der Waals surface area contributed by atoms with Crippen LogP contribution in [0, 0.1) is 6.92 Å². The number of hydrogen-bond acceptors (Lipinski definition) is 3. The minimum Gasteiger partial charge on any atom is -0.477 e. The Morgan fingerprint density at radius 1 is 1.69 bits per heavy atom. The molecule has 7 heteroatoms. The Morgan fingerprint density at radius 2 is 2.23 bits per heavy atom. The Hall–Kier alpha value is -1.17. The maximum atomic E-state index is 12.5. The molecule has 1 rings (SSSR count). The normalized spacial score (nSPS) is 11.7. The Labute approximate surface area is 76.1 Å². The Kier molecular flexibility index (Phi) is 2.25. The number of carboxylic acids is 1. The molecule has 0 spiro atoms. The van der Waals surface area contributed by atoms with Gasteiger partial charge in [0.2, 0.25) is 5.76 Å². The third kappa shape index (κ3) is 1.77. The Morgan fingerprint density at radius 3 is 2.54 bits per heavy atom. The molecular weight excluding hydrogens is 208 g/mol. The minimum atomic E-state index is -3.85. The lowest BCUT2D eigenvalue weighted by molar-refractivity contribution is 0.0532. The van der Waals surface area contributed by atoms with Crippen LogP contribution in [0.4, 0.5) is 8.78 Å². The molecule has 1 aromatic rings. The van der Waals surface area contributed by atoms with Crippen LogP contribution in [0.1, 0.15) is 21.8 Å². The summed E-state index contributed by atoms with van der Waals surface area (Å²) in [6, 6.07) is 0. The first-order valence-electron chi connectivity index (χ1n) is 3.10. The van der Waals surface area contributed by atoms with Gasteiger partial charge in [0.25, 0.3) is 0 Å². The van der Waals surface area contributed by atoms with Gasteiger partial charge in [0.05, 0.1) is 5.69 Å². The van der Waals surface area contributed by atoms with Crippen LogP contribution in [0.2, 0.25) is 0 Å². The second-order valence-corrected chi connectivity index (χ2v) is 2.75. The molecule has 0 aromatic carbocycles. The number of hydrogen-bond donors (Lipinski definition) is 1. The second-order valence-electron chi connectivity index (χ2n) is 2.28. The zero-order valence-corrected chi connectivity index (χ0v) is 7.10. The first kappa shape index (κ1) is 9.91. The van der Waals surface area contributed by atoms with Gasteiger partial charge in [-0.15, -0.1) is 0 Å². The molecule has 0 bridgehead atoms. The van der Waals surface area contributed by atoms with E-state index >= 15 is 0 Å². The molecule has 13 heavy (non-hydrogen) atoms. The van der Waals surface area contributed by atoms with Crippen LogP contribution < -0.4 is 0 Å². The second kappa shape index (κ2) is 2.95. The number of aromatic nitrogens is 1. The standard InChI is InChI=1S/C6H4ClF2NO3/c1-2-3(5(11)12)4(13-10-2)6(7,8)9/h1H3,(H,11,12). The van der Waals surface area contributed by atoms with Gasteiger partial charge in [-0.1, -0.05) is 5.16 Å². The smallest absolute Gasteiger partial charge is 0.383 e. The zero-order chi connectivity index (χ0) is 10.2. The molecule has 0 amide bonds. The topological polar surface area (TPSA) is 63.3 Å². The SMILES string of the molecule is Cc1noc(C(F)(F)Cl)c1C(=O)O. The van der Waals surface area contributed by atoms with E-state index in [9.17, 15) is 13.6 Å². The van der Waals surface area contributed by atoms with Crippen molar-refractivity contribution in [3.8, 4) is 0 Å². The van der Waals surface area contributed by atoms with Crippen LogP contribution in [0.25, 0.3) is 0 Å². The quantitative estimate of drug-likeness (QED) is 0.760. The Bertz CT molecular complexity index is 344. The van der Waals surface area contributed by atoms with Gasteiger partial charge in [-0.2, -0.15) is 8.78 Å². The van der Waals surface area contributed by atoms with Crippen molar-refractivity contribution >= 4 is 17.6 Å². The number of rotatable bonds is 2. The maximum absolute atomic E-state index is 12.5. The number of aromatic carboxylic acids is 1. The summed E-state index contributed by atoms with van der Waals surface area (Å²) in [4.78, 5) is 10.5. The van der Waals surface area contributed by atoms with Gasteiger partial charge >= 0.3 is 11.4 Å². The van der Waals surface area contributed by atoms with E-state index in [2.05, 4.69) is 21.3 Å². The molecule has 0 radical (unpaired) electrons. The lowest BCUT2D eigenvalue weighted by Crippen LogP contribution is -2.09. The third-order valence-corrected chi connectivity index (χ3v) is 1.51. The predicted molar refractivity (Wildman–Crippen MR) is 37.9 cm³/mol. The molecule has 0 fully saturated rings. The van der Waals surface area contributed by atoms with Crippen molar-refractivity contribution in [2.24, 2.45) is 0 Å². The van der Waals surface area contributed by atoms with Gasteiger partial charge in [0.1, 0.15) is 5.56 Å². The molecule has 0 aliphatic heterocycles. The van der Waals surface area contributed by atoms with Crippen molar-refractivity contribution < 1.29 is 23.2 Å². The number of alkyl halides is 3. The van der Waals surface area contributed by atoms with Crippen LogP contribution in [0.3, 0.4) is 0 Å². The molecule has 0 aliphatic rings. The highest BCUT2D eigenvalue weighted by atomic mass is 35.5. The molecule has 0 unspecified atom stereocenters. The summed E-state index contributed by atoms with van der Waals surface area (Å²) in [7, 11) is 0. The first-order chi connectivity index (χ1) is 5.84.